The first-order valence-electron chi connectivity index (χ1n) is 13.0. The Labute approximate surface area is 218 Å². The molecular formula is C36H20O2. The minimum atomic E-state index is -1.01. The molecule has 0 bridgehead atoms. The molecule has 0 amide bonds. The SMILES string of the molecule is O=C1Oc2ccc3ccc4ccc5ccccc5c4c3c2C12C=Cc1ccc3ccc4ccccc4c3c12. The van der Waals surface area contributed by atoms with Gasteiger partial charge >= 0.3 is 5.97 Å². The smallest absolute Gasteiger partial charge is 0.330 e. The highest BCUT2D eigenvalue weighted by molar-refractivity contribution is 6.25. The van der Waals surface area contributed by atoms with Crippen molar-refractivity contribution in [3.8, 4) is 5.75 Å². The molecule has 0 saturated carbocycles. The van der Waals surface area contributed by atoms with Crippen LogP contribution in [0.1, 0.15) is 16.7 Å². The molecule has 2 aliphatic rings. The first-order chi connectivity index (χ1) is 18.7. The van der Waals surface area contributed by atoms with Crippen LogP contribution in [0.3, 0.4) is 0 Å². The number of rotatable bonds is 0. The van der Waals surface area contributed by atoms with Crippen molar-refractivity contribution in [2.24, 2.45) is 0 Å². The Balaban J connectivity index is 1.53. The van der Waals surface area contributed by atoms with Crippen molar-refractivity contribution < 1.29 is 9.53 Å². The van der Waals surface area contributed by atoms with Crippen LogP contribution in [0.15, 0.2) is 115 Å². The molecule has 1 atom stereocenters. The van der Waals surface area contributed by atoms with E-state index in [-0.39, 0.29) is 5.97 Å². The molecule has 2 heteroatoms. The third-order valence-corrected chi connectivity index (χ3v) is 8.62. The van der Waals surface area contributed by atoms with Gasteiger partial charge in [0.1, 0.15) is 11.2 Å². The van der Waals surface area contributed by atoms with Gasteiger partial charge in [-0.25, -0.2) is 4.79 Å². The normalized spacial score (nSPS) is 17.7. The lowest BCUT2D eigenvalue weighted by molar-refractivity contribution is -0.135. The zero-order valence-corrected chi connectivity index (χ0v) is 20.4. The third kappa shape index (κ3) is 2.32. The molecule has 176 valence electrons. The highest BCUT2D eigenvalue weighted by Crippen LogP contribution is 2.56. The minimum absolute atomic E-state index is 0.229. The molecular weight excluding hydrogens is 464 g/mol. The molecule has 2 nitrogen and oxygen atoms in total. The summed E-state index contributed by atoms with van der Waals surface area (Å²) in [7, 11) is 0. The van der Waals surface area contributed by atoms with Gasteiger partial charge in [-0.3, -0.25) is 0 Å². The van der Waals surface area contributed by atoms with Crippen LogP contribution in [-0.2, 0) is 10.2 Å². The van der Waals surface area contributed by atoms with Crippen LogP contribution in [0.5, 0.6) is 5.75 Å². The van der Waals surface area contributed by atoms with Crippen LogP contribution in [0.2, 0.25) is 0 Å². The lowest BCUT2D eigenvalue weighted by Crippen LogP contribution is -2.32. The highest BCUT2D eigenvalue weighted by Gasteiger charge is 2.53. The Morgan fingerprint density at radius 3 is 1.79 bits per heavy atom. The Hall–Kier alpha value is -4.95. The van der Waals surface area contributed by atoms with E-state index in [2.05, 4.69) is 115 Å². The molecule has 1 aliphatic heterocycles. The van der Waals surface area contributed by atoms with Gasteiger partial charge < -0.3 is 4.74 Å². The van der Waals surface area contributed by atoms with Gasteiger partial charge in [-0.05, 0) is 71.1 Å². The summed E-state index contributed by atoms with van der Waals surface area (Å²) in [5.41, 5.74) is 2.04. The van der Waals surface area contributed by atoms with Crippen molar-refractivity contribution in [2.45, 2.75) is 5.41 Å². The second-order valence-corrected chi connectivity index (χ2v) is 10.4. The number of carbonyl (C=O) groups is 1. The largest absolute Gasteiger partial charge is 0.425 e. The number of fused-ring (bicyclic) bond motifs is 14. The van der Waals surface area contributed by atoms with Crippen molar-refractivity contribution in [1.29, 1.82) is 0 Å². The third-order valence-electron chi connectivity index (χ3n) is 8.62. The number of hydrogen-bond donors (Lipinski definition) is 0. The fraction of sp³-hybridized carbons (Fsp3) is 0.0278. The molecule has 38 heavy (non-hydrogen) atoms. The first kappa shape index (κ1) is 20.1. The van der Waals surface area contributed by atoms with Gasteiger partial charge in [0, 0.05) is 5.56 Å². The van der Waals surface area contributed by atoms with Gasteiger partial charge in [-0.15, -0.1) is 0 Å². The fourth-order valence-corrected chi connectivity index (χ4v) is 7.01. The molecule has 7 aromatic carbocycles. The standard InChI is InChI=1S/C36H20O2/c37-35-36(20-19-26-16-15-24-12-10-22-6-2-4-8-28(22)31(24)33(26)36)34-29(38-35)18-17-25-14-13-23-11-9-21-5-1-3-7-27(21)30(23)32(25)34/h1-20H. The predicted octanol–water partition coefficient (Wildman–Crippen LogP) is 8.68. The topological polar surface area (TPSA) is 26.3 Å². The first-order valence-corrected chi connectivity index (χ1v) is 13.0. The maximum atomic E-state index is 14.2. The van der Waals surface area contributed by atoms with Crippen molar-refractivity contribution in [3.05, 3.63) is 132 Å². The van der Waals surface area contributed by atoms with Crippen LogP contribution in [0.25, 0.3) is 59.9 Å². The van der Waals surface area contributed by atoms with E-state index in [0.29, 0.717) is 5.75 Å². The average molecular weight is 485 g/mol. The molecule has 7 aromatic rings. The van der Waals surface area contributed by atoms with Crippen LogP contribution in [-0.4, -0.2) is 5.97 Å². The number of carbonyl (C=O) groups excluding carboxylic acids is 1. The number of esters is 1. The van der Waals surface area contributed by atoms with Crippen molar-refractivity contribution in [2.75, 3.05) is 0 Å². The molecule has 0 N–H and O–H groups in total. The monoisotopic (exact) mass is 484 g/mol. The van der Waals surface area contributed by atoms with E-state index in [1.54, 1.807) is 0 Å². The van der Waals surface area contributed by atoms with Crippen LogP contribution in [0, 0.1) is 0 Å². The zero-order chi connectivity index (χ0) is 25.0. The Kier molecular flexibility index (Phi) is 3.64. The van der Waals surface area contributed by atoms with Gasteiger partial charge in [0.15, 0.2) is 0 Å². The van der Waals surface area contributed by atoms with Gasteiger partial charge in [-0.2, -0.15) is 0 Å². The van der Waals surface area contributed by atoms with E-state index in [9.17, 15) is 4.79 Å². The molecule has 1 spiro atoms. The summed E-state index contributed by atoms with van der Waals surface area (Å²) in [6.07, 6.45) is 4.19. The summed E-state index contributed by atoms with van der Waals surface area (Å²) >= 11 is 0. The van der Waals surface area contributed by atoms with E-state index in [1.165, 1.54) is 16.2 Å². The predicted molar refractivity (Wildman–Crippen MR) is 156 cm³/mol. The summed E-state index contributed by atoms with van der Waals surface area (Å²) in [6, 6.07) is 38.3. The summed E-state index contributed by atoms with van der Waals surface area (Å²) in [4.78, 5) is 14.2. The van der Waals surface area contributed by atoms with E-state index < -0.39 is 5.41 Å². The second-order valence-electron chi connectivity index (χ2n) is 10.4. The van der Waals surface area contributed by atoms with Crippen molar-refractivity contribution in [1.82, 2.24) is 0 Å². The van der Waals surface area contributed by atoms with Crippen molar-refractivity contribution >= 4 is 65.9 Å². The molecule has 0 radical (unpaired) electrons. The number of ether oxygens (including phenoxy) is 1. The Morgan fingerprint density at radius 2 is 1.05 bits per heavy atom. The lowest BCUT2D eigenvalue weighted by atomic mass is 9.72. The molecule has 9 rings (SSSR count). The summed E-state index contributed by atoms with van der Waals surface area (Å²) in [5, 5.41) is 11.5. The number of benzene rings is 7. The Bertz CT molecular complexity index is 2230. The maximum absolute atomic E-state index is 14.2. The van der Waals surface area contributed by atoms with Crippen LogP contribution in [0.4, 0.5) is 0 Å². The van der Waals surface area contributed by atoms with E-state index in [0.717, 1.165) is 54.4 Å². The number of hydrogen-bond acceptors (Lipinski definition) is 2. The van der Waals surface area contributed by atoms with Crippen LogP contribution >= 0.6 is 0 Å². The van der Waals surface area contributed by atoms with E-state index >= 15 is 0 Å². The summed E-state index contributed by atoms with van der Waals surface area (Å²) in [5.74, 6) is 0.422. The average Bonchev–Trinajstić information content (AvgIpc) is 3.50. The molecule has 0 saturated heterocycles. The zero-order valence-electron chi connectivity index (χ0n) is 20.4. The molecule has 1 aliphatic carbocycles. The van der Waals surface area contributed by atoms with E-state index in [1.807, 2.05) is 6.07 Å². The fourth-order valence-electron chi connectivity index (χ4n) is 7.01. The van der Waals surface area contributed by atoms with Gasteiger partial charge in [0.05, 0.1) is 0 Å². The molecule has 1 unspecified atom stereocenters. The quantitative estimate of drug-likeness (QED) is 0.122. The Morgan fingerprint density at radius 1 is 0.500 bits per heavy atom. The molecule has 0 fully saturated rings. The second kappa shape index (κ2) is 6.87. The summed E-state index contributed by atoms with van der Waals surface area (Å²) < 4.78 is 6.14. The van der Waals surface area contributed by atoms with Gasteiger partial charge in [-0.1, -0.05) is 115 Å². The van der Waals surface area contributed by atoms with E-state index in [4.69, 9.17) is 4.74 Å². The molecule has 1 heterocycles. The minimum Gasteiger partial charge on any atom is -0.425 e. The molecule has 0 aromatic heterocycles. The maximum Gasteiger partial charge on any atom is 0.330 e. The van der Waals surface area contributed by atoms with Crippen molar-refractivity contribution in [3.63, 3.8) is 0 Å². The summed E-state index contributed by atoms with van der Waals surface area (Å²) in [6.45, 7) is 0. The lowest BCUT2D eigenvalue weighted by Gasteiger charge is -2.25. The highest BCUT2D eigenvalue weighted by atomic mass is 16.5. The van der Waals surface area contributed by atoms with Crippen LogP contribution < -0.4 is 4.74 Å². The van der Waals surface area contributed by atoms with Gasteiger partial charge in [0.25, 0.3) is 0 Å². The van der Waals surface area contributed by atoms with Gasteiger partial charge in [0.2, 0.25) is 0 Å².